The molecule has 4 N–H and O–H groups in total. The predicted molar refractivity (Wildman–Crippen MR) is 80.9 cm³/mol. The Morgan fingerprint density at radius 1 is 1.20 bits per heavy atom. The molecule has 0 bridgehead atoms. The standard InChI is InChI=1S/C15H24N4O/c16-15(17)14-4-1-3-13(11-14)12-19-6-2-5-18(7-8-19)9-10-20/h1,3-4,11,20H,2,5-10,12H2,(H3,16,17). The molecule has 0 radical (unpaired) electrons. The summed E-state index contributed by atoms with van der Waals surface area (Å²) in [4.78, 5) is 4.74. The minimum Gasteiger partial charge on any atom is -0.395 e. The largest absolute Gasteiger partial charge is 0.395 e. The quantitative estimate of drug-likeness (QED) is 0.540. The Bertz CT molecular complexity index is 449. The first-order chi connectivity index (χ1) is 9.69. The van der Waals surface area contributed by atoms with Crippen LogP contribution in [-0.2, 0) is 6.54 Å². The number of nitrogens with zero attached hydrogens (tertiary/aromatic N) is 2. The maximum atomic E-state index is 9.01. The lowest BCUT2D eigenvalue weighted by atomic mass is 10.1. The number of rotatable bonds is 5. The fourth-order valence-corrected chi connectivity index (χ4v) is 2.64. The Morgan fingerprint density at radius 2 is 1.95 bits per heavy atom. The second-order valence-corrected chi connectivity index (χ2v) is 5.31. The van der Waals surface area contributed by atoms with Gasteiger partial charge in [-0.2, -0.15) is 0 Å². The Hall–Kier alpha value is -1.43. The first-order valence-corrected chi connectivity index (χ1v) is 7.18. The van der Waals surface area contributed by atoms with Gasteiger partial charge in [-0.05, 0) is 31.1 Å². The van der Waals surface area contributed by atoms with Crippen molar-refractivity contribution in [2.45, 2.75) is 13.0 Å². The summed E-state index contributed by atoms with van der Waals surface area (Å²) < 4.78 is 0. The summed E-state index contributed by atoms with van der Waals surface area (Å²) in [6.45, 7) is 6.07. The number of nitrogens with two attached hydrogens (primary N) is 1. The molecular weight excluding hydrogens is 252 g/mol. The number of hydrogen-bond donors (Lipinski definition) is 3. The lowest BCUT2D eigenvalue weighted by molar-refractivity contribution is 0.196. The first-order valence-electron chi connectivity index (χ1n) is 7.18. The maximum Gasteiger partial charge on any atom is 0.122 e. The molecule has 0 saturated carbocycles. The molecule has 0 aliphatic carbocycles. The number of benzene rings is 1. The molecule has 110 valence electrons. The van der Waals surface area contributed by atoms with Gasteiger partial charge < -0.3 is 10.8 Å². The summed E-state index contributed by atoms with van der Waals surface area (Å²) in [5.41, 5.74) is 7.52. The summed E-state index contributed by atoms with van der Waals surface area (Å²) in [5, 5.41) is 16.5. The van der Waals surface area contributed by atoms with Crippen molar-refractivity contribution in [1.29, 1.82) is 5.41 Å². The fraction of sp³-hybridized carbons (Fsp3) is 0.533. The lowest BCUT2D eigenvalue weighted by Gasteiger charge is -2.21. The molecule has 1 aromatic carbocycles. The SMILES string of the molecule is N=C(N)c1cccc(CN2CCCN(CCO)CC2)c1. The molecule has 0 amide bonds. The van der Waals surface area contributed by atoms with Crippen LogP contribution < -0.4 is 5.73 Å². The van der Waals surface area contributed by atoms with E-state index < -0.39 is 0 Å². The average Bonchev–Trinajstić information content (AvgIpc) is 2.65. The van der Waals surface area contributed by atoms with Gasteiger partial charge >= 0.3 is 0 Å². The minimum atomic E-state index is 0.122. The minimum absolute atomic E-state index is 0.122. The van der Waals surface area contributed by atoms with Gasteiger partial charge in [0.05, 0.1) is 6.61 Å². The fourth-order valence-electron chi connectivity index (χ4n) is 2.64. The van der Waals surface area contributed by atoms with Gasteiger partial charge in [-0.1, -0.05) is 18.2 Å². The average molecular weight is 276 g/mol. The highest BCUT2D eigenvalue weighted by atomic mass is 16.3. The number of hydrogen-bond acceptors (Lipinski definition) is 4. The first kappa shape index (κ1) is 15.0. The van der Waals surface area contributed by atoms with Crippen LogP contribution in [0.25, 0.3) is 0 Å². The molecule has 0 aromatic heterocycles. The highest BCUT2D eigenvalue weighted by Gasteiger charge is 2.14. The summed E-state index contributed by atoms with van der Waals surface area (Å²) in [5.74, 6) is 0.122. The predicted octanol–water partition coefficient (Wildman–Crippen LogP) is 0.471. The van der Waals surface area contributed by atoms with Gasteiger partial charge in [0.15, 0.2) is 0 Å². The zero-order valence-electron chi connectivity index (χ0n) is 11.9. The van der Waals surface area contributed by atoms with E-state index in [9.17, 15) is 0 Å². The zero-order chi connectivity index (χ0) is 14.4. The number of amidine groups is 1. The van der Waals surface area contributed by atoms with Crippen LogP contribution in [0.15, 0.2) is 24.3 Å². The topological polar surface area (TPSA) is 76.6 Å². The van der Waals surface area contributed by atoms with Gasteiger partial charge in [-0.3, -0.25) is 15.2 Å². The van der Waals surface area contributed by atoms with Crippen molar-refractivity contribution in [3.8, 4) is 0 Å². The van der Waals surface area contributed by atoms with Crippen LogP contribution in [0.4, 0.5) is 0 Å². The van der Waals surface area contributed by atoms with Crippen LogP contribution in [0, 0.1) is 5.41 Å². The molecule has 1 aromatic rings. The van der Waals surface area contributed by atoms with E-state index in [2.05, 4.69) is 15.9 Å². The van der Waals surface area contributed by atoms with Crippen LogP contribution in [0.5, 0.6) is 0 Å². The maximum absolute atomic E-state index is 9.01. The van der Waals surface area contributed by atoms with Gasteiger partial charge in [0.1, 0.15) is 5.84 Å². The van der Waals surface area contributed by atoms with Crippen LogP contribution in [0.1, 0.15) is 17.5 Å². The molecular formula is C15H24N4O. The monoisotopic (exact) mass is 276 g/mol. The van der Waals surface area contributed by atoms with E-state index >= 15 is 0 Å². The number of aliphatic hydroxyl groups excluding tert-OH is 1. The van der Waals surface area contributed by atoms with Gasteiger partial charge in [-0.25, -0.2) is 0 Å². The molecule has 0 unspecified atom stereocenters. The molecule has 5 heteroatoms. The van der Waals surface area contributed by atoms with Crippen LogP contribution in [-0.4, -0.2) is 60.1 Å². The molecule has 1 fully saturated rings. The van der Waals surface area contributed by atoms with Crippen molar-refractivity contribution < 1.29 is 5.11 Å². The smallest absolute Gasteiger partial charge is 0.122 e. The summed E-state index contributed by atoms with van der Waals surface area (Å²) in [6.07, 6.45) is 1.13. The van der Waals surface area contributed by atoms with Crippen molar-refractivity contribution in [2.75, 3.05) is 39.3 Å². The van der Waals surface area contributed by atoms with Crippen molar-refractivity contribution >= 4 is 5.84 Å². The second kappa shape index (κ2) is 7.38. The molecule has 0 atom stereocenters. The number of nitrogen functional groups attached to an aromatic ring is 1. The summed E-state index contributed by atoms with van der Waals surface area (Å²) >= 11 is 0. The Labute approximate surface area is 120 Å². The van der Waals surface area contributed by atoms with Gasteiger partial charge in [0.25, 0.3) is 0 Å². The van der Waals surface area contributed by atoms with Crippen molar-refractivity contribution in [2.24, 2.45) is 5.73 Å². The number of β-amino-alcohol motifs (C(OH)–C–C–N with tert-alkyl or cyclic N) is 1. The van der Waals surface area contributed by atoms with E-state index in [-0.39, 0.29) is 12.4 Å². The van der Waals surface area contributed by atoms with E-state index in [1.54, 1.807) is 0 Å². The third kappa shape index (κ3) is 4.30. The van der Waals surface area contributed by atoms with E-state index in [1.165, 1.54) is 5.56 Å². The second-order valence-electron chi connectivity index (χ2n) is 5.31. The third-order valence-electron chi connectivity index (χ3n) is 3.74. The normalized spacial score (nSPS) is 17.9. The molecule has 1 heterocycles. The molecule has 1 aliphatic rings. The lowest BCUT2D eigenvalue weighted by Crippen LogP contribution is -2.32. The van der Waals surface area contributed by atoms with E-state index in [0.717, 1.165) is 51.3 Å². The Morgan fingerprint density at radius 3 is 2.70 bits per heavy atom. The van der Waals surface area contributed by atoms with Crippen molar-refractivity contribution in [3.05, 3.63) is 35.4 Å². The van der Waals surface area contributed by atoms with Gasteiger partial charge in [0, 0.05) is 31.7 Å². The summed E-state index contributed by atoms with van der Waals surface area (Å²) in [7, 11) is 0. The van der Waals surface area contributed by atoms with Gasteiger partial charge in [0.2, 0.25) is 0 Å². The highest BCUT2D eigenvalue weighted by molar-refractivity contribution is 5.95. The number of nitrogens with one attached hydrogen (secondary N) is 1. The number of aliphatic hydroxyl groups is 1. The Kier molecular flexibility index (Phi) is 5.52. The molecule has 20 heavy (non-hydrogen) atoms. The van der Waals surface area contributed by atoms with Crippen molar-refractivity contribution in [3.63, 3.8) is 0 Å². The van der Waals surface area contributed by atoms with Crippen LogP contribution in [0.2, 0.25) is 0 Å². The molecule has 1 aliphatic heterocycles. The van der Waals surface area contributed by atoms with E-state index in [4.69, 9.17) is 16.2 Å². The molecule has 0 spiro atoms. The molecule has 2 rings (SSSR count). The van der Waals surface area contributed by atoms with Crippen LogP contribution >= 0.6 is 0 Å². The Balaban J connectivity index is 1.93. The third-order valence-corrected chi connectivity index (χ3v) is 3.74. The molecule has 1 saturated heterocycles. The zero-order valence-corrected chi connectivity index (χ0v) is 11.9. The highest BCUT2D eigenvalue weighted by Crippen LogP contribution is 2.11. The van der Waals surface area contributed by atoms with E-state index in [1.807, 2.05) is 18.2 Å². The van der Waals surface area contributed by atoms with Crippen molar-refractivity contribution in [1.82, 2.24) is 9.80 Å². The van der Waals surface area contributed by atoms with Gasteiger partial charge in [-0.15, -0.1) is 0 Å². The van der Waals surface area contributed by atoms with E-state index in [0.29, 0.717) is 0 Å². The molecule has 5 nitrogen and oxygen atoms in total. The van der Waals surface area contributed by atoms with Crippen LogP contribution in [0.3, 0.4) is 0 Å². The summed E-state index contributed by atoms with van der Waals surface area (Å²) in [6, 6.07) is 7.92.